The van der Waals surface area contributed by atoms with E-state index in [4.69, 9.17) is 22.2 Å². The topological polar surface area (TPSA) is 0 Å². The third-order valence-electron chi connectivity index (χ3n) is 3.32. The first-order valence-electron chi connectivity index (χ1n) is 5.66. The summed E-state index contributed by atoms with van der Waals surface area (Å²) in [5.74, 6) is 0. The van der Waals surface area contributed by atoms with Crippen molar-refractivity contribution in [2.24, 2.45) is 0 Å². The molecule has 3 rings (SSSR count). The van der Waals surface area contributed by atoms with Crippen molar-refractivity contribution < 1.29 is 0 Å². The van der Waals surface area contributed by atoms with Crippen molar-refractivity contribution in [3.05, 3.63) is 53.6 Å². The molecule has 0 nitrogen and oxygen atoms in total. The molecule has 0 saturated carbocycles. The molecule has 0 saturated heterocycles. The summed E-state index contributed by atoms with van der Waals surface area (Å²) in [5, 5.41) is 1.16. The number of hydrogen-bond donors (Lipinski definition) is 0. The predicted octanol–water partition coefficient (Wildman–Crippen LogP) is 4.01. The number of hydrogen-bond acceptors (Lipinski definition) is 0. The van der Waals surface area contributed by atoms with E-state index in [9.17, 15) is 0 Å². The van der Waals surface area contributed by atoms with Gasteiger partial charge in [0.1, 0.15) is 0 Å². The SMILES string of the molecule is C[Si](Cl)(Cl)c1cccc2c1Cc1ccccc1-2. The summed E-state index contributed by atoms with van der Waals surface area (Å²) in [4.78, 5) is 0. The van der Waals surface area contributed by atoms with E-state index >= 15 is 0 Å². The first-order valence-corrected chi connectivity index (χ1v) is 10.2. The van der Waals surface area contributed by atoms with Crippen molar-refractivity contribution in [3.8, 4) is 11.1 Å². The largest absolute Gasteiger partial charge is 0.278 e. The van der Waals surface area contributed by atoms with Gasteiger partial charge in [0, 0.05) is 0 Å². The lowest BCUT2D eigenvalue weighted by Crippen LogP contribution is -2.35. The fourth-order valence-electron chi connectivity index (χ4n) is 2.57. The van der Waals surface area contributed by atoms with Crippen LogP contribution in [0.1, 0.15) is 11.1 Å². The van der Waals surface area contributed by atoms with Crippen LogP contribution in [0, 0.1) is 0 Å². The molecule has 0 spiro atoms. The molecule has 1 aliphatic carbocycles. The van der Waals surface area contributed by atoms with Crippen LogP contribution in [0.2, 0.25) is 6.55 Å². The Morgan fingerprint density at radius 3 is 2.41 bits per heavy atom. The van der Waals surface area contributed by atoms with Crippen LogP contribution < -0.4 is 5.19 Å². The third-order valence-corrected chi connectivity index (χ3v) is 5.96. The Balaban J connectivity index is 2.24. The molecule has 0 heterocycles. The van der Waals surface area contributed by atoms with E-state index in [0.29, 0.717) is 0 Å². The van der Waals surface area contributed by atoms with Crippen molar-refractivity contribution in [2.75, 3.05) is 0 Å². The average molecular weight is 279 g/mol. The van der Waals surface area contributed by atoms with Gasteiger partial charge in [0.15, 0.2) is 0 Å². The van der Waals surface area contributed by atoms with Crippen LogP contribution in [-0.4, -0.2) is 6.69 Å². The normalized spacial score (nSPS) is 13.4. The zero-order valence-corrected chi connectivity index (χ0v) is 12.0. The van der Waals surface area contributed by atoms with Gasteiger partial charge in [-0.1, -0.05) is 42.5 Å². The Bertz CT molecular complexity index is 585. The minimum atomic E-state index is -2.28. The molecule has 1 aliphatic rings. The lowest BCUT2D eigenvalue weighted by atomic mass is 10.1. The maximum atomic E-state index is 6.39. The molecule has 0 aromatic heterocycles. The molecule has 17 heavy (non-hydrogen) atoms. The molecular formula is C14H12Cl2Si. The predicted molar refractivity (Wildman–Crippen MR) is 77.6 cm³/mol. The summed E-state index contributed by atoms with van der Waals surface area (Å²) in [6.45, 7) is -0.318. The smallest absolute Gasteiger partial charge is 0.140 e. The standard InChI is InChI=1S/C14H12Cl2Si/c1-17(15,16)14-8-4-7-12-11-6-3-2-5-10(11)9-13(12)14/h2-8H,9H2,1H3. The molecule has 0 N–H and O–H groups in total. The zero-order valence-electron chi connectivity index (χ0n) is 9.50. The van der Waals surface area contributed by atoms with Crippen LogP contribution in [-0.2, 0) is 6.42 Å². The first kappa shape index (κ1) is 11.3. The highest BCUT2D eigenvalue weighted by Crippen LogP contribution is 2.36. The maximum absolute atomic E-state index is 6.39. The van der Waals surface area contributed by atoms with Crippen molar-refractivity contribution in [3.63, 3.8) is 0 Å². The van der Waals surface area contributed by atoms with Gasteiger partial charge in [-0.2, -0.15) is 0 Å². The summed E-state index contributed by atoms with van der Waals surface area (Å²) >= 11 is 12.8. The van der Waals surface area contributed by atoms with E-state index < -0.39 is 6.69 Å². The highest BCUT2D eigenvalue weighted by molar-refractivity contribution is 7.50. The summed E-state index contributed by atoms with van der Waals surface area (Å²) in [7, 11) is 0. The fraction of sp³-hybridized carbons (Fsp3) is 0.143. The Labute approximate surface area is 112 Å². The Morgan fingerprint density at radius 2 is 1.65 bits per heavy atom. The second-order valence-corrected chi connectivity index (χ2v) is 12.0. The van der Waals surface area contributed by atoms with Crippen LogP contribution in [0.3, 0.4) is 0 Å². The van der Waals surface area contributed by atoms with E-state index in [1.807, 2.05) is 6.55 Å². The van der Waals surface area contributed by atoms with Gasteiger partial charge in [0.05, 0.1) is 0 Å². The molecule has 0 atom stereocenters. The Hall–Kier alpha value is -0.763. The molecule has 0 bridgehead atoms. The van der Waals surface area contributed by atoms with Crippen LogP contribution in [0.5, 0.6) is 0 Å². The molecule has 86 valence electrons. The molecule has 3 heteroatoms. The lowest BCUT2D eigenvalue weighted by Gasteiger charge is -2.15. The number of halogens is 2. The fourth-order valence-corrected chi connectivity index (χ4v) is 4.77. The number of rotatable bonds is 1. The minimum Gasteiger partial charge on any atom is -0.140 e. The van der Waals surface area contributed by atoms with Crippen molar-refractivity contribution in [2.45, 2.75) is 13.0 Å². The molecule has 0 fully saturated rings. The van der Waals surface area contributed by atoms with Crippen LogP contribution in [0.15, 0.2) is 42.5 Å². The second kappa shape index (κ2) is 3.87. The molecule has 0 aliphatic heterocycles. The van der Waals surface area contributed by atoms with Crippen molar-refractivity contribution in [1.29, 1.82) is 0 Å². The van der Waals surface area contributed by atoms with Gasteiger partial charge in [-0.3, -0.25) is 0 Å². The lowest BCUT2D eigenvalue weighted by molar-refractivity contribution is 1.28. The van der Waals surface area contributed by atoms with Gasteiger partial charge >= 0.3 is 0 Å². The Morgan fingerprint density at radius 1 is 0.941 bits per heavy atom. The minimum absolute atomic E-state index is 0.962. The molecule has 0 radical (unpaired) electrons. The molecule has 0 unspecified atom stereocenters. The molecule has 0 amide bonds. The van der Waals surface area contributed by atoms with Gasteiger partial charge in [0.25, 0.3) is 6.69 Å². The third kappa shape index (κ3) is 1.83. The quantitative estimate of drug-likeness (QED) is 0.466. The van der Waals surface area contributed by atoms with E-state index in [1.54, 1.807) is 0 Å². The van der Waals surface area contributed by atoms with Gasteiger partial charge in [-0.25, -0.2) is 0 Å². The summed E-state index contributed by atoms with van der Waals surface area (Å²) in [6.07, 6.45) is 0.962. The first-order chi connectivity index (χ1) is 8.07. The summed E-state index contributed by atoms with van der Waals surface area (Å²) in [6, 6.07) is 14.8. The summed E-state index contributed by atoms with van der Waals surface area (Å²) in [5.41, 5.74) is 5.34. The van der Waals surface area contributed by atoms with Gasteiger partial charge in [-0.15, -0.1) is 22.2 Å². The van der Waals surface area contributed by atoms with Gasteiger partial charge in [0.2, 0.25) is 0 Å². The Kier molecular flexibility index (Phi) is 2.58. The van der Waals surface area contributed by atoms with Gasteiger partial charge in [-0.05, 0) is 40.4 Å². The number of fused-ring (bicyclic) bond motifs is 3. The van der Waals surface area contributed by atoms with Crippen molar-refractivity contribution in [1.82, 2.24) is 0 Å². The highest BCUT2D eigenvalue weighted by atomic mass is 35.7. The average Bonchev–Trinajstić information content (AvgIpc) is 2.65. The zero-order chi connectivity index (χ0) is 12.0. The van der Waals surface area contributed by atoms with Crippen molar-refractivity contribution >= 4 is 34.0 Å². The van der Waals surface area contributed by atoms with Crippen LogP contribution >= 0.6 is 22.2 Å². The van der Waals surface area contributed by atoms with E-state index in [0.717, 1.165) is 11.6 Å². The monoisotopic (exact) mass is 278 g/mol. The van der Waals surface area contributed by atoms with Gasteiger partial charge < -0.3 is 0 Å². The summed E-state index contributed by atoms with van der Waals surface area (Å²) < 4.78 is 0. The second-order valence-electron chi connectivity index (χ2n) is 4.55. The van der Waals surface area contributed by atoms with E-state index in [2.05, 4.69) is 42.5 Å². The number of benzene rings is 2. The van der Waals surface area contributed by atoms with Crippen LogP contribution in [0.25, 0.3) is 11.1 Å². The molecular weight excluding hydrogens is 267 g/mol. The van der Waals surface area contributed by atoms with E-state index in [-0.39, 0.29) is 0 Å². The highest BCUT2D eigenvalue weighted by Gasteiger charge is 2.31. The maximum Gasteiger partial charge on any atom is 0.278 e. The van der Waals surface area contributed by atoms with Crippen LogP contribution in [0.4, 0.5) is 0 Å². The molecule has 2 aromatic rings. The van der Waals surface area contributed by atoms with E-state index in [1.165, 1.54) is 22.3 Å². The molecule has 2 aromatic carbocycles.